The fourth-order valence-corrected chi connectivity index (χ4v) is 4.27. The van der Waals surface area contributed by atoms with Crippen molar-refractivity contribution in [3.63, 3.8) is 0 Å². The van der Waals surface area contributed by atoms with Gasteiger partial charge in [0.2, 0.25) is 0 Å². The predicted octanol–water partition coefficient (Wildman–Crippen LogP) is 0.947. The van der Waals surface area contributed by atoms with Gasteiger partial charge in [0.15, 0.2) is 0 Å². The predicted molar refractivity (Wildman–Crippen MR) is 60.6 cm³/mol. The zero-order valence-corrected chi connectivity index (χ0v) is 10.8. The summed E-state index contributed by atoms with van der Waals surface area (Å²) in [7, 11) is -3.74. The summed E-state index contributed by atoms with van der Waals surface area (Å²) in [6.07, 6.45) is 1.44. The first-order chi connectivity index (χ1) is 7.62. The lowest BCUT2D eigenvalue weighted by Crippen LogP contribution is -2.29. The van der Waals surface area contributed by atoms with Gasteiger partial charge in [0.1, 0.15) is 12.2 Å². The molecule has 0 aromatic rings. The van der Waals surface area contributed by atoms with Crippen LogP contribution in [0.15, 0.2) is 0 Å². The Hall–Kier alpha value is 0.180. The molecule has 2 aliphatic rings. The van der Waals surface area contributed by atoms with Crippen molar-refractivity contribution in [1.29, 1.82) is 0 Å². The Morgan fingerprint density at radius 3 is 3.00 bits per heavy atom. The van der Waals surface area contributed by atoms with E-state index in [9.17, 15) is 8.42 Å². The van der Waals surface area contributed by atoms with E-state index >= 15 is 0 Å². The number of rotatable bonds is 5. The molecule has 0 radical (unpaired) electrons. The van der Waals surface area contributed by atoms with E-state index in [1.807, 2.05) is 0 Å². The third-order valence-corrected chi connectivity index (χ3v) is 4.90. The molecule has 0 spiro atoms. The third kappa shape index (κ3) is 2.89. The van der Waals surface area contributed by atoms with Gasteiger partial charge in [-0.3, -0.25) is 0 Å². The minimum absolute atomic E-state index is 0.0686. The van der Waals surface area contributed by atoms with Crippen LogP contribution >= 0.6 is 11.8 Å². The molecule has 16 heavy (non-hydrogen) atoms. The van der Waals surface area contributed by atoms with E-state index in [1.165, 1.54) is 0 Å². The standard InChI is InChI=1S/C9H16O5S2/c1-2-3-4-12-5-8-9-7(6-15-8)13-16(10,11)14-9/h7-9H,2-6H2,1H3/t7-,8+,9-/m0/s1. The maximum absolute atomic E-state index is 11.1. The number of hydrogen-bond acceptors (Lipinski definition) is 6. The van der Waals surface area contributed by atoms with E-state index in [2.05, 4.69) is 6.92 Å². The van der Waals surface area contributed by atoms with E-state index in [-0.39, 0.29) is 17.5 Å². The third-order valence-electron chi connectivity index (χ3n) is 2.60. The Balaban J connectivity index is 1.80. The van der Waals surface area contributed by atoms with E-state index in [0.717, 1.165) is 19.4 Å². The Morgan fingerprint density at radius 2 is 2.25 bits per heavy atom. The summed E-state index contributed by atoms with van der Waals surface area (Å²) in [5.74, 6) is 0.658. The lowest BCUT2D eigenvalue weighted by molar-refractivity contribution is 0.0952. The molecule has 2 heterocycles. The smallest absolute Gasteiger partial charge is 0.380 e. The molecule has 5 nitrogen and oxygen atoms in total. The van der Waals surface area contributed by atoms with Crippen LogP contribution in [0.3, 0.4) is 0 Å². The molecule has 0 unspecified atom stereocenters. The highest BCUT2D eigenvalue weighted by molar-refractivity contribution is 8.00. The molecule has 0 bridgehead atoms. The Morgan fingerprint density at radius 1 is 1.44 bits per heavy atom. The minimum Gasteiger partial charge on any atom is -0.380 e. The maximum atomic E-state index is 11.1. The summed E-state index contributed by atoms with van der Waals surface area (Å²) in [5, 5.41) is 0.0686. The molecule has 0 aromatic carbocycles. The van der Waals surface area contributed by atoms with Crippen LogP contribution < -0.4 is 0 Å². The van der Waals surface area contributed by atoms with Crippen LogP contribution in [0.25, 0.3) is 0 Å². The summed E-state index contributed by atoms with van der Waals surface area (Å²) in [5.41, 5.74) is 0. The molecule has 94 valence electrons. The molecule has 0 amide bonds. The summed E-state index contributed by atoms with van der Waals surface area (Å²) in [6, 6.07) is 0. The molecular weight excluding hydrogens is 252 g/mol. The molecule has 0 aromatic heterocycles. The van der Waals surface area contributed by atoms with Crippen molar-refractivity contribution in [3.05, 3.63) is 0 Å². The van der Waals surface area contributed by atoms with Gasteiger partial charge in [-0.05, 0) is 6.42 Å². The first-order valence-corrected chi connectivity index (χ1v) is 7.81. The molecule has 0 saturated carbocycles. The average molecular weight is 268 g/mol. The topological polar surface area (TPSA) is 61.8 Å². The van der Waals surface area contributed by atoms with Crippen molar-refractivity contribution in [2.45, 2.75) is 37.2 Å². The van der Waals surface area contributed by atoms with E-state index in [4.69, 9.17) is 13.1 Å². The molecule has 0 N–H and O–H groups in total. The zero-order valence-electron chi connectivity index (χ0n) is 9.13. The van der Waals surface area contributed by atoms with Gasteiger partial charge in [-0.25, -0.2) is 8.37 Å². The van der Waals surface area contributed by atoms with Crippen LogP contribution in [0.4, 0.5) is 0 Å². The van der Waals surface area contributed by atoms with Gasteiger partial charge in [-0.2, -0.15) is 20.2 Å². The first kappa shape index (κ1) is 12.6. The largest absolute Gasteiger partial charge is 0.400 e. The zero-order chi connectivity index (χ0) is 11.6. The van der Waals surface area contributed by atoms with Gasteiger partial charge in [-0.15, -0.1) is 0 Å². The first-order valence-electron chi connectivity index (χ1n) is 5.43. The van der Waals surface area contributed by atoms with Crippen molar-refractivity contribution >= 4 is 22.2 Å². The van der Waals surface area contributed by atoms with Gasteiger partial charge in [-0.1, -0.05) is 13.3 Å². The van der Waals surface area contributed by atoms with Crippen molar-refractivity contribution in [2.75, 3.05) is 19.0 Å². The number of hydrogen-bond donors (Lipinski definition) is 0. The van der Waals surface area contributed by atoms with Gasteiger partial charge in [0.05, 0.1) is 11.9 Å². The molecule has 2 fully saturated rings. The second kappa shape index (κ2) is 5.22. The highest BCUT2D eigenvalue weighted by atomic mass is 32.3. The molecule has 2 rings (SSSR count). The number of thioether (sulfide) groups is 1. The Kier molecular flexibility index (Phi) is 4.12. The highest BCUT2D eigenvalue weighted by Crippen LogP contribution is 2.38. The van der Waals surface area contributed by atoms with Gasteiger partial charge in [0.25, 0.3) is 0 Å². The van der Waals surface area contributed by atoms with E-state index < -0.39 is 10.4 Å². The van der Waals surface area contributed by atoms with Crippen molar-refractivity contribution in [2.24, 2.45) is 0 Å². The lowest BCUT2D eigenvalue weighted by atomic mass is 10.2. The molecule has 7 heteroatoms. The summed E-state index contributed by atoms with van der Waals surface area (Å²) < 4.78 is 37.3. The van der Waals surface area contributed by atoms with Crippen LogP contribution in [0.5, 0.6) is 0 Å². The summed E-state index contributed by atoms with van der Waals surface area (Å²) in [4.78, 5) is 0. The second-order valence-electron chi connectivity index (χ2n) is 3.90. The van der Waals surface area contributed by atoms with Crippen molar-refractivity contribution < 1.29 is 21.5 Å². The van der Waals surface area contributed by atoms with Gasteiger partial charge in [0, 0.05) is 12.4 Å². The second-order valence-corrected chi connectivity index (χ2v) is 6.38. The maximum Gasteiger partial charge on any atom is 0.400 e. The van der Waals surface area contributed by atoms with E-state index in [1.54, 1.807) is 11.8 Å². The summed E-state index contributed by atoms with van der Waals surface area (Å²) >= 11 is 1.65. The quantitative estimate of drug-likeness (QED) is 0.692. The van der Waals surface area contributed by atoms with Gasteiger partial charge >= 0.3 is 10.4 Å². The van der Waals surface area contributed by atoms with Crippen LogP contribution in [-0.4, -0.2) is 44.8 Å². The SMILES string of the molecule is CCCCOC[C@H]1SC[C@@H]2OS(=O)(=O)O[C@@H]21. The molecule has 2 saturated heterocycles. The van der Waals surface area contributed by atoms with Crippen molar-refractivity contribution in [3.8, 4) is 0 Å². The Labute approximate surface area is 100 Å². The number of ether oxygens (including phenoxy) is 1. The van der Waals surface area contributed by atoms with E-state index in [0.29, 0.717) is 12.4 Å². The normalized spacial score (nSPS) is 36.4. The van der Waals surface area contributed by atoms with Crippen LogP contribution in [-0.2, 0) is 23.5 Å². The van der Waals surface area contributed by atoms with Crippen LogP contribution in [0.1, 0.15) is 19.8 Å². The fraction of sp³-hybridized carbons (Fsp3) is 1.00. The van der Waals surface area contributed by atoms with Crippen LogP contribution in [0, 0.1) is 0 Å². The fourth-order valence-electron chi connectivity index (χ4n) is 1.75. The highest BCUT2D eigenvalue weighted by Gasteiger charge is 2.49. The van der Waals surface area contributed by atoms with Crippen LogP contribution in [0.2, 0.25) is 0 Å². The Bertz CT molecular complexity index is 329. The molecule has 3 atom stereocenters. The number of fused-ring (bicyclic) bond motifs is 1. The monoisotopic (exact) mass is 268 g/mol. The minimum atomic E-state index is -3.74. The molecule has 2 aliphatic heterocycles. The lowest BCUT2D eigenvalue weighted by Gasteiger charge is -2.14. The van der Waals surface area contributed by atoms with Crippen molar-refractivity contribution in [1.82, 2.24) is 0 Å². The average Bonchev–Trinajstić information content (AvgIpc) is 2.69. The molecule has 0 aliphatic carbocycles. The molecular formula is C9H16O5S2. The number of unbranched alkanes of at least 4 members (excludes halogenated alkanes) is 1. The summed E-state index contributed by atoms with van der Waals surface area (Å²) in [6.45, 7) is 3.35. The van der Waals surface area contributed by atoms with Gasteiger partial charge < -0.3 is 4.74 Å².